The summed E-state index contributed by atoms with van der Waals surface area (Å²) in [7, 11) is 2.21. The number of aryl methyl sites for hydroxylation is 1. The number of hydrogen-bond acceptors (Lipinski definition) is 3. The SMILES string of the molecule is Cc1cc(C(=O)Nc2ccccc2CN(C)C2CCCCC2)c(C)n1Cc1ccco1. The maximum atomic E-state index is 13.2. The van der Waals surface area contributed by atoms with E-state index in [2.05, 4.69) is 34.0 Å². The zero-order chi connectivity index (χ0) is 21.8. The average molecular weight is 420 g/mol. The van der Waals surface area contributed by atoms with Crippen molar-refractivity contribution < 1.29 is 9.21 Å². The maximum Gasteiger partial charge on any atom is 0.257 e. The van der Waals surface area contributed by atoms with E-state index in [1.165, 1.54) is 32.1 Å². The number of hydrogen-bond donors (Lipinski definition) is 1. The fourth-order valence-corrected chi connectivity index (χ4v) is 4.72. The number of nitrogens with one attached hydrogen (secondary N) is 1. The molecule has 1 N–H and O–H groups in total. The highest BCUT2D eigenvalue weighted by Crippen LogP contribution is 2.26. The summed E-state index contributed by atoms with van der Waals surface area (Å²) >= 11 is 0. The van der Waals surface area contributed by atoms with E-state index in [0.717, 1.165) is 34.9 Å². The standard InChI is InChI=1S/C26H33N3O2/c1-19-16-24(20(2)29(19)18-23-13-9-15-31-23)26(30)27-25-14-8-7-10-21(25)17-28(3)22-11-5-4-6-12-22/h7-10,13-16,22H,4-6,11-12,17-18H2,1-3H3,(H,27,30). The Balaban J connectivity index is 1.49. The van der Waals surface area contributed by atoms with E-state index in [4.69, 9.17) is 4.42 Å². The summed E-state index contributed by atoms with van der Waals surface area (Å²) < 4.78 is 7.61. The molecule has 1 aromatic carbocycles. The van der Waals surface area contributed by atoms with Crippen molar-refractivity contribution in [3.8, 4) is 0 Å². The lowest BCUT2D eigenvalue weighted by Crippen LogP contribution is -2.33. The van der Waals surface area contributed by atoms with Crippen LogP contribution in [0.2, 0.25) is 0 Å². The van der Waals surface area contributed by atoms with E-state index < -0.39 is 0 Å². The molecular weight excluding hydrogens is 386 g/mol. The van der Waals surface area contributed by atoms with E-state index in [0.29, 0.717) is 18.2 Å². The van der Waals surface area contributed by atoms with E-state index >= 15 is 0 Å². The van der Waals surface area contributed by atoms with Gasteiger partial charge in [0.25, 0.3) is 5.91 Å². The Labute approximate surface area is 185 Å². The third-order valence-corrected chi connectivity index (χ3v) is 6.60. The summed E-state index contributed by atoms with van der Waals surface area (Å²) in [6.45, 7) is 5.49. The highest BCUT2D eigenvalue weighted by Gasteiger charge is 2.20. The number of aromatic nitrogens is 1. The number of carbonyl (C=O) groups is 1. The van der Waals surface area contributed by atoms with Gasteiger partial charge in [0.2, 0.25) is 0 Å². The Hall–Kier alpha value is -2.79. The molecule has 3 aromatic rings. The molecule has 5 heteroatoms. The number of furan rings is 1. The number of rotatable bonds is 7. The molecule has 1 aliphatic rings. The smallest absolute Gasteiger partial charge is 0.257 e. The average Bonchev–Trinajstić information content (AvgIpc) is 3.39. The molecule has 0 atom stereocenters. The molecule has 2 aromatic heterocycles. The van der Waals surface area contributed by atoms with Crippen molar-refractivity contribution in [1.29, 1.82) is 0 Å². The summed E-state index contributed by atoms with van der Waals surface area (Å²) in [6, 6.07) is 14.6. The summed E-state index contributed by atoms with van der Waals surface area (Å²) in [5.41, 5.74) is 4.76. The molecule has 5 nitrogen and oxygen atoms in total. The van der Waals surface area contributed by atoms with Crippen molar-refractivity contribution in [1.82, 2.24) is 9.47 Å². The summed E-state index contributed by atoms with van der Waals surface area (Å²) in [6.07, 6.45) is 8.22. The first-order chi connectivity index (χ1) is 15.0. The second-order valence-electron chi connectivity index (χ2n) is 8.77. The number of benzene rings is 1. The largest absolute Gasteiger partial charge is 0.467 e. The fraction of sp³-hybridized carbons (Fsp3) is 0.423. The van der Waals surface area contributed by atoms with Gasteiger partial charge in [-0.1, -0.05) is 37.5 Å². The van der Waals surface area contributed by atoms with Crippen molar-refractivity contribution in [3.63, 3.8) is 0 Å². The van der Waals surface area contributed by atoms with Gasteiger partial charge in [-0.25, -0.2) is 0 Å². The minimum absolute atomic E-state index is 0.0634. The summed E-state index contributed by atoms with van der Waals surface area (Å²) in [5.74, 6) is 0.816. The lowest BCUT2D eigenvalue weighted by molar-refractivity contribution is 0.102. The molecule has 0 spiro atoms. The highest BCUT2D eigenvalue weighted by molar-refractivity contribution is 6.05. The van der Waals surface area contributed by atoms with Crippen LogP contribution in [0, 0.1) is 13.8 Å². The third kappa shape index (κ3) is 4.93. The van der Waals surface area contributed by atoms with Crippen molar-refractivity contribution >= 4 is 11.6 Å². The number of carbonyl (C=O) groups excluding carboxylic acids is 1. The molecule has 1 saturated carbocycles. The normalized spacial score (nSPS) is 14.8. The number of nitrogens with zero attached hydrogens (tertiary/aromatic N) is 2. The molecule has 1 amide bonds. The predicted octanol–water partition coefficient (Wildman–Crippen LogP) is 5.76. The van der Waals surface area contributed by atoms with E-state index in [-0.39, 0.29) is 5.91 Å². The molecule has 1 fully saturated rings. The van der Waals surface area contributed by atoms with Crippen LogP contribution in [0.3, 0.4) is 0 Å². The van der Waals surface area contributed by atoms with Crippen LogP contribution in [0.4, 0.5) is 5.69 Å². The van der Waals surface area contributed by atoms with Crippen LogP contribution in [-0.4, -0.2) is 28.5 Å². The Morgan fingerprint density at radius 3 is 2.65 bits per heavy atom. The van der Waals surface area contributed by atoms with Crippen LogP contribution >= 0.6 is 0 Å². The van der Waals surface area contributed by atoms with Crippen molar-refractivity contribution in [2.75, 3.05) is 12.4 Å². The van der Waals surface area contributed by atoms with Gasteiger partial charge >= 0.3 is 0 Å². The highest BCUT2D eigenvalue weighted by atomic mass is 16.3. The Kier molecular flexibility index (Phi) is 6.62. The monoisotopic (exact) mass is 419 g/mol. The molecule has 2 heterocycles. The first kappa shape index (κ1) is 21.4. The molecule has 0 radical (unpaired) electrons. The Morgan fingerprint density at radius 1 is 1.13 bits per heavy atom. The lowest BCUT2D eigenvalue weighted by Gasteiger charge is -2.31. The van der Waals surface area contributed by atoms with Gasteiger partial charge < -0.3 is 14.3 Å². The predicted molar refractivity (Wildman–Crippen MR) is 124 cm³/mol. The van der Waals surface area contributed by atoms with Crippen LogP contribution in [0.5, 0.6) is 0 Å². The van der Waals surface area contributed by atoms with Crippen LogP contribution in [0.15, 0.2) is 53.1 Å². The van der Waals surface area contributed by atoms with E-state index in [1.54, 1.807) is 6.26 Å². The minimum atomic E-state index is -0.0634. The van der Waals surface area contributed by atoms with Gasteiger partial charge in [-0.2, -0.15) is 0 Å². The van der Waals surface area contributed by atoms with Gasteiger partial charge in [0.1, 0.15) is 5.76 Å². The third-order valence-electron chi connectivity index (χ3n) is 6.60. The van der Waals surface area contributed by atoms with Crippen LogP contribution < -0.4 is 5.32 Å². The summed E-state index contributed by atoms with van der Waals surface area (Å²) in [5, 5.41) is 3.17. The van der Waals surface area contributed by atoms with Gasteiger partial charge in [-0.05, 0) is 63.6 Å². The molecular formula is C26H33N3O2. The minimum Gasteiger partial charge on any atom is -0.467 e. The Morgan fingerprint density at radius 2 is 1.90 bits per heavy atom. The molecule has 0 aliphatic heterocycles. The second kappa shape index (κ2) is 9.56. The maximum absolute atomic E-state index is 13.2. The topological polar surface area (TPSA) is 50.4 Å². The molecule has 4 rings (SSSR count). The summed E-state index contributed by atoms with van der Waals surface area (Å²) in [4.78, 5) is 15.6. The van der Waals surface area contributed by atoms with Crippen molar-refractivity contribution in [3.05, 3.63) is 77.0 Å². The second-order valence-corrected chi connectivity index (χ2v) is 8.77. The molecule has 31 heavy (non-hydrogen) atoms. The van der Waals surface area contributed by atoms with Crippen LogP contribution in [0.1, 0.15) is 65.2 Å². The fourth-order valence-electron chi connectivity index (χ4n) is 4.72. The quantitative estimate of drug-likeness (QED) is 0.529. The number of anilines is 1. The van der Waals surface area contributed by atoms with Gasteiger partial charge in [-0.15, -0.1) is 0 Å². The molecule has 0 saturated heterocycles. The Bertz CT molecular complexity index is 1010. The van der Waals surface area contributed by atoms with Crippen molar-refractivity contribution in [2.24, 2.45) is 0 Å². The first-order valence-corrected chi connectivity index (χ1v) is 11.3. The van der Waals surface area contributed by atoms with Gasteiger partial charge in [0.05, 0.1) is 18.4 Å². The molecule has 164 valence electrons. The zero-order valence-electron chi connectivity index (χ0n) is 18.9. The molecule has 0 bridgehead atoms. The van der Waals surface area contributed by atoms with Crippen molar-refractivity contribution in [2.45, 2.75) is 65.1 Å². The molecule has 0 unspecified atom stereocenters. The van der Waals surface area contributed by atoms with E-state index in [9.17, 15) is 4.79 Å². The van der Waals surface area contributed by atoms with Crippen LogP contribution in [0.25, 0.3) is 0 Å². The van der Waals surface area contributed by atoms with Gasteiger partial charge in [0.15, 0.2) is 0 Å². The number of amides is 1. The molecule has 1 aliphatic carbocycles. The lowest BCUT2D eigenvalue weighted by atomic mass is 9.94. The van der Waals surface area contributed by atoms with Crippen LogP contribution in [-0.2, 0) is 13.1 Å². The van der Waals surface area contributed by atoms with E-state index in [1.807, 2.05) is 44.2 Å². The van der Waals surface area contributed by atoms with Gasteiger partial charge in [-0.3, -0.25) is 9.69 Å². The first-order valence-electron chi connectivity index (χ1n) is 11.3. The van der Waals surface area contributed by atoms with Gasteiger partial charge in [0, 0.05) is 29.7 Å². The number of para-hydroxylation sites is 1. The zero-order valence-corrected chi connectivity index (χ0v) is 18.9.